The Morgan fingerprint density at radius 3 is 3.05 bits per heavy atom. The molecule has 2 N–H and O–H groups in total. The number of rotatable bonds is 3. The second-order valence-electron chi connectivity index (χ2n) is 4.99. The van der Waals surface area contributed by atoms with E-state index in [0.717, 1.165) is 13.0 Å². The average molecular weight is 293 g/mol. The molecule has 0 radical (unpaired) electrons. The summed E-state index contributed by atoms with van der Waals surface area (Å²) in [6, 6.07) is 1.01. The van der Waals surface area contributed by atoms with Crippen LogP contribution in [-0.4, -0.2) is 35.3 Å². The molecule has 1 atom stereocenters. The van der Waals surface area contributed by atoms with Gasteiger partial charge in [-0.15, -0.1) is 11.3 Å². The molecule has 4 amide bonds. The van der Waals surface area contributed by atoms with Crippen LogP contribution in [0, 0.1) is 0 Å². The minimum atomic E-state index is -0.576. The van der Waals surface area contributed by atoms with Crippen LogP contribution in [0.15, 0.2) is 11.4 Å². The molecule has 0 unspecified atom stereocenters. The SMILES string of the molecule is O=C1NC(=O)[C@H](CCC(=O)N2CCc3sccc3C2)N1. The van der Waals surface area contributed by atoms with Crippen LogP contribution >= 0.6 is 11.3 Å². The van der Waals surface area contributed by atoms with E-state index < -0.39 is 12.1 Å². The van der Waals surface area contributed by atoms with Gasteiger partial charge in [0, 0.05) is 24.4 Å². The van der Waals surface area contributed by atoms with Crippen molar-refractivity contribution in [2.45, 2.75) is 31.8 Å². The van der Waals surface area contributed by atoms with Gasteiger partial charge >= 0.3 is 6.03 Å². The van der Waals surface area contributed by atoms with Gasteiger partial charge in [0.25, 0.3) is 5.91 Å². The van der Waals surface area contributed by atoms with Crippen molar-refractivity contribution >= 4 is 29.2 Å². The fraction of sp³-hybridized carbons (Fsp3) is 0.462. The van der Waals surface area contributed by atoms with Crippen molar-refractivity contribution in [1.29, 1.82) is 0 Å². The van der Waals surface area contributed by atoms with Crippen LogP contribution < -0.4 is 10.6 Å². The van der Waals surface area contributed by atoms with Crippen LogP contribution in [0.3, 0.4) is 0 Å². The van der Waals surface area contributed by atoms with Crippen LogP contribution in [0.1, 0.15) is 23.3 Å². The number of thiophene rings is 1. The van der Waals surface area contributed by atoms with Crippen molar-refractivity contribution in [3.8, 4) is 0 Å². The van der Waals surface area contributed by atoms with E-state index in [9.17, 15) is 14.4 Å². The van der Waals surface area contributed by atoms with Gasteiger partial charge in [-0.05, 0) is 29.9 Å². The third kappa shape index (κ3) is 2.53. The molecule has 3 rings (SSSR count). The van der Waals surface area contributed by atoms with Gasteiger partial charge in [0.2, 0.25) is 5.91 Å². The van der Waals surface area contributed by atoms with Crippen molar-refractivity contribution in [2.75, 3.05) is 6.54 Å². The molecule has 0 spiro atoms. The van der Waals surface area contributed by atoms with E-state index in [1.54, 1.807) is 11.3 Å². The van der Waals surface area contributed by atoms with Gasteiger partial charge in [0.1, 0.15) is 6.04 Å². The molecular formula is C13H15N3O3S. The van der Waals surface area contributed by atoms with Gasteiger partial charge in [0.15, 0.2) is 0 Å². The maximum atomic E-state index is 12.2. The monoisotopic (exact) mass is 293 g/mol. The number of nitrogens with zero attached hydrogens (tertiary/aromatic N) is 1. The van der Waals surface area contributed by atoms with Crippen molar-refractivity contribution in [3.05, 3.63) is 21.9 Å². The third-order valence-electron chi connectivity index (χ3n) is 3.67. The highest BCUT2D eigenvalue weighted by molar-refractivity contribution is 7.10. The Labute approximate surface area is 120 Å². The summed E-state index contributed by atoms with van der Waals surface area (Å²) in [6.07, 6.45) is 1.53. The zero-order valence-electron chi connectivity index (χ0n) is 10.8. The first kappa shape index (κ1) is 13.1. The topological polar surface area (TPSA) is 78.5 Å². The molecule has 7 heteroatoms. The van der Waals surface area contributed by atoms with Gasteiger partial charge in [-0.3, -0.25) is 14.9 Å². The van der Waals surface area contributed by atoms with E-state index in [4.69, 9.17) is 0 Å². The quantitative estimate of drug-likeness (QED) is 0.802. The number of imide groups is 1. The molecule has 2 aliphatic heterocycles. The lowest BCUT2D eigenvalue weighted by Gasteiger charge is -2.27. The molecule has 3 heterocycles. The zero-order valence-corrected chi connectivity index (χ0v) is 11.7. The minimum Gasteiger partial charge on any atom is -0.338 e. The number of hydrogen-bond donors (Lipinski definition) is 2. The summed E-state index contributed by atoms with van der Waals surface area (Å²) in [7, 11) is 0. The molecule has 0 bridgehead atoms. The lowest BCUT2D eigenvalue weighted by molar-refractivity contribution is -0.132. The van der Waals surface area contributed by atoms with E-state index in [1.807, 2.05) is 4.90 Å². The Hall–Kier alpha value is -1.89. The predicted molar refractivity (Wildman–Crippen MR) is 73.1 cm³/mol. The standard InChI is InChI=1S/C13H15N3O3S/c17-11(2-1-9-12(18)15-13(19)14-9)16-5-3-10-8(7-16)4-6-20-10/h4,6,9H,1-3,5,7H2,(H2,14,15,18,19)/t9-/m0/s1. The van der Waals surface area contributed by atoms with Gasteiger partial charge in [-0.2, -0.15) is 0 Å². The molecule has 0 aliphatic carbocycles. The lowest BCUT2D eigenvalue weighted by atomic mass is 10.1. The van der Waals surface area contributed by atoms with Crippen molar-refractivity contribution < 1.29 is 14.4 Å². The van der Waals surface area contributed by atoms with Gasteiger partial charge in [0.05, 0.1) is 0 Å². The zero-order chi connectivity index (χ0) is 14.1. The maximum Gasteiger partial charge on any atom is 0.322 e. The first-order valence-electron chi connectivity index (χ1n) is 6.58. The number of hydrogen-bond acceptors (Lipinski definition) is 4. The highest BCUT2D eigenvalue weighted by Crippen LogP contribution is 2.24. The van der Waals surface area contributed by atoms with Crippen molar-refractivity contribution in [3.63, 3.8) is 0 Å². The Morgan fingerprint density at radius 1 is 1.45 bits per heavy atom. The van der Waals surface area contributed by atoms with Crippen molar-refractivity contribution in [1.82, 2.24) is 15.5 Å². The largest absolute Gasteiger partial charge is 0.338 e. The lowest BCUT2D eigenvalue weighted by Crippen LogP contribution is -2.37. The van der Waals surface area contributed by atoms with E-state index in [0.29, 0.717) is 13.0 Å². The molecular weight excluding hydrogens is 278 g/mol. The van der Waals surface area contributed by atoms with Crippen LogP contribution in [-0.2, 0) is 22.6 Å². The molecule has 1 fully saturated rings. The summed E-state index contributed by atoms with van der Waals surface area (Å²) >= 11 is 1.74. The van der Waals surface area contributed by atoms with E-state index in [2.05, 4.69) is 22.1 Å². The summed E-state index contributed by atoms with van der Waals surface area (Å²) in [4.78, 5) is 37.7. The van der Waals surface area contributed by atoms with Crippen LogP contribution in [0.25, 0.3) is 0 Å². The van der Waals surface area contributed by atoms with Crippen molar-refractivity contribution in [2.24, 2.45) is 0 Å². The number of carbonyl (C=O) groups excluding carboxylic acids is 3. The molecule has 1 aromatic rings. The number of fused-ring (bicyclic) bond motifs is 1. The highest BCUT2D eigenvalue weighted by Gasteiger charge is 2.30. The highest BCUT2D eigenvalue weighted by atomic mass is 32.1. The average Bonchev–Trinajstić information content (AvgIpc) is 3.01. The first-order valence-corrected chi connectivity index (χ1v) is 7.46. The summed E-state index contributed by atoms with van der Waals surface area (Å²) in [5.41, 5.74) is 1.22. The molecule has 1 saturated heterocycles. The molecule has 2 aliphatic rings. The van der Waals surface area contributed by atoms with E-state index in [1.165, 1.54) is 10.4 Å². The normalized spacial score (nSPS) is 21.4. The Bertz CT molecular complexity index is 569. The second kappa shape index (κ2) is 5.24. The first-order chi connectivity index (χ1) is 9.63. The Balaban J connectivity index is 1.53. The molecule has 0 aromatic carbocycles. The molecule has 6 nitrogen and oxygen atoms in total. The van der Waals surface area contributed by atoms with E-state index >= 15 is 0 Å². The fourth-order valence-corrected chi connectivity index (χ4v) is 3.44. The van der Waals surface area contributed by atoms with Gasteiger partial charge < -0.3 is 10.2 Å². The summed E-state index contributed by atoms with van der Waals surface area (Å²) in [5, 5.41) is 6.72. The second-order valence-corrected chi connectivity index (χ2v) is 5.99. The molecule has 0 saturated carbocycles. The number of nitrogens with one attached hydrogen (secondary N) is 2. The molecule has 1 aromatic heterocycles. The van der Waals surface area contributed by atoms with Gasteiger partial charge in [-0.25, -0.2) is 4.79 Å². The predicted octanol–water partition coefficient (Wildman–Crippen LogP) is 0.621. The summed E-state index contributed by atoms with van der Waals surface area (Å²) in [5.74, 6) is -0.308. The maximum absolute atomic E-state index is 12.2. The smallest absolute Gasteiger partial charge is 0.322 e. The number of carbonyl (C=O) groups is 3. The summed E-state index contributed by atoms with van der Waals surface area (Å²) in [6.45, 7) is 1.39. The van der Waals surface area contributed by atoms with Crippen LogP contribution in [0.5, 0.6) is 0 Å². The third-order valence-corrected chi connectivity index (χ3v) is 4.69. The van der Waals surface area contributed by atoms with Crippen LogP contribution in [0.2, 0.25) is 0 Å². The Morgan fingerprint density at radius 2 is 2.30 bits per heavy atom. The van der Waals surface area contributed by atoms with Gasteiger partial charge in [-0.1, -0.05) is 0 Å². The molecule has 106 valence electrons. The van der Waals surface area contributed by atoms with Crippen LogP contribution in [0.4, 0.5) is 4.79 Å². The molecule has 20 heavy (non-hydrogen) atoms. The summed E-state index contributed by atoms with van der Waals surface area (Å²) < 4.78 is 0. The van der Waals surface area contributed by atoms with E-state index in [-0.39, 0.29) is 18.2 Å². The fourth-order valence-electron chi connectivity index (χ4n) is 2.55. The number of amides is 4. The minimum absolute atomic E-state index is 0.0378. The Kier molecular flexibility index (Phi) is 3.43. The number of urea groups is 1.